The van der Waals surface area contributed by atoms with Crippen molar-refractivity contribution in [1.29, 1.82) is 0 Å². The van der Waals surface area contributed by atoms with Crippen molar-refractivity contribution in [3.8, 4) is 17.0 Å². The molecule has 6 heteroatoms. The fourth-order valence-corrected chi connectivity index (χ4v) is 3.81. The van der Waals surface area contributed by atoms with E-state index in [1.807, 2.05) is 24.3 Å². The summed E-state index contributed by atoms with van der Waals surface area (Å²) in [6, 6.07) is 19.8. The number of nitrogens with zero attached hydrogens (tertiary/aromatic N) is 1. The van der Waals surface area contributed by atoms with Crippen molar-refractivity contribution in [1.82, 2.24) is 10.3 Å². The van der Waals surface area contributed by atoms with Crippen LogP contribution >= 0.6 is 0 Å². The average Bonchev–Trinajstić information content (AvgIpc) is 2.88. The molecule has 1 amide bonds. The Morgan fingerprint density at radius 1 is 0.972 bits per heavy atom. The highest BCUT2D eigenvalue weighted by Gasteiger charge is 2.16. The normalized spacial score (nSPS) is 12.0. The van der Waals surface area contributed by atoms with Gasteiger partial charge in [-0.2, -0.15) is 0 Å². The largest absolute Gasteiger partial charge is 0.484 e. The Labute approximate surface area is 214 Å². The van der Waals surface area contributed by atoms with Gasteiger partial charge in [0, 0.05) is 17.7 Å². The van der Waals surface area contributed by atoms with E-state index in [4.69, 9.17) is 4.74 Å². The van der Waals surface area contributed by atoms with Gasteiger partial charge in [-0.15, -0.1) is 0 Å². The smallest absolute Gasteiger partial charge is 0.307 e. The van der Waals surface area contributed by atoms with Crippen molar-refractivity contribution in [2.24, 2.45) is 0 Å². The van der Waals surface area contributed by atoms with Crippen LogP contribution in [-0.4, -0.2) is 30.5 Å². The molecule has 36 heavy (non-hydrogen) atoms. The molecule has 0 aliphatic carbocycles. The van der Waals surface area contributed by atoms with Gasteiger partial charge in [0.25, 0.3) is 5.91 Å². The molecule has 6 nitrogen and oxygen atoms in total. The third-order valence-electron chi connectivity index (χ3n) is 6.00. The second kappa shape index (κ2) is 12.3. The highest BCUT2D eigenvalue weighted by Crippen LogP contribution is 2.29. The molecule has 1 atom stereocenters. The van der Waals surface area contributed by atoms with Gasteiger partial charge in [-0.1, -0.05) is 70.5 Å². The number of pyridine rings is 1. The summed E-state index contributed by atoms with van der Waals surface area (Å²) in [4.78, 5) is 28.2. The van der Waals surface area contributed by atoms with Crippen LogP contribution in [0.1, 0.15) is 74.5 Å². The summed E-state index contributed by atoms with van der Waals surface area (Å²) in [6.07, 6.45) is 3.54. The molecule has 1 heterocycles. The third-order valence-corrected chi connectivity index (χ3v) is 6.00. The summed E-state index contributed by atoms with van der Waals surface area (Å²) in [5.74, 6) is 0.119. The molecule has 3 rings (SSSR count). The third kappa shape index (κ3) is 7.41. The van der Waals surface area contributed by atoms with Gasteiger partial charge in [-0.3, -0.25) is 14.6 Å². The Bertz CT molecular complexity index is 1130. The summed E-state index contributed by atoms with van der Waals surface area (Å²) in [6.45, 7) is 8.96. The molecule has 0 fully saturated rings. The molecule has 0 radical (unpaired) electrons. The minimum atomic E-state index is -0.355. The van der Waals surface area contributed by atoms with Crippen LogP contribution in [0.3, 0.4) is 0 Å². The first-order valence-corrected chi connectivity index (χ1v) is 12.4. The van der Waals surface area contributed by atoms with Crippen LogP contribution in [0.4, 0.5) is 0 Å². The minimum absolute atomic E-state index is 0.116. The van der Waals surface area contributed by atoms with Gasteiger partial charge in [-0.25, -0.2) is 0 Å². The molecule has 1 unspecified atom stereocenters. The summed E-state index contributed by atoms with van der Waals surface area (Å²) in [5, 5.41) is 2.73. The van der Waals surface area contributed by atoms with Gasteiger partial charge in [-0.05, 0) is 47.2 Å². The number of nitrogens with one attached hydrogen (secondary N) is 1. The number of hydrogen-bond donors (Lipinski definition) is 1. The van der Waals surface area contributed by atoms with E-state index in [9.17, 15) is 9.59 Å². The van der Waals surface area contributed by atoms with Crippen molar-refractivity contribution in [3.63, 3.8) is 0 Å². The van der Waals surface area contributed by atoms with Crippen LogP contribution in [0.2, 0.25) is 0 Å². The fraction of sp³-hybridized carbons (Fsp3) is 0.367. The van der Waals surface area contributed by atoms with E-state index in [-0.39, 0.29) is 36.4 Å². The number of ether oxygens (including phenoxy) is 2. The zero-order valence-electron chi connectivity index (χ0n) is 21.8. The predicted octanol–water partition coefficient (Wildman–Crippen LogP) is 6.26. The number of amides is 1. The summed E-state index contributed by atoms with van der Waals surface area (Å²) in [5.41, 5.74) is 4.90. The molecular formula is C30H36N2O4. The van der Waals surface area contributed by atoms with E-state index in [0.717, 1.165) is 29.7 Å². The molecular weight excluding hydrogens is 452 g/mol. The van der Waals surface area contributed by atoms with Gasteiger partial charge in [0.05, 0.1) is 25.4 Å². The summed E-state index contributed by atoms with van der Waals surface area (Å²) >= 11 is 0. The van der Waals surface area contributed by atoms with E-state index < -0.39 is 0 Å². The molecule has 190 valence electrons. The van der Waals surface area contributed by atoms with Crippen LogP contribution in [0.15, 0.2) is 66.9 Å². The first-order valence-electron chi connectivity index (χ1n) is 12.4. The number of esters is 1. The van der Waals surface area contributed by atoms with Crippen molar-refractivity contribution in [2.45, 2.75) is 58.5 Å². The maximum Gasteiger partial charge on any atom is 0.307 e. The topological polar surface area (TPSA) is 77.5 Å². The maximum absolute atomic E-state index is 12.3. The van der Waals surface area contributed by atoms with Gasteiger partial charge in [0.1, 0.15) is 11.9 Å². The molecule has 0 saturated carbocycles. The Morgan fingerprint density at radius 2 is 1.67 bits per heavy atom. The Hall–Kier alpha value is -3.67. The second-order valence-electron chi connectivity index (χ2n) is 9.81. The van der Waals surface area contributed by atoms with Crippen molar-refractivity contribution in [3.05, 3.63) is 83.6 Å². The Morgan fingerprint density at radius 3 is 2.22 bits per heavy atom. The highest BCUT2D eigenvalue weighted by atomic mass is 16.5. The van der Waals surface area contributed by atoms with E-state index in [1.165, 1.54) is 12.7 Å². The summed E-state index contributed by atoms with van der Waals surface area (Å²) in [7, 11) is 1.33. The number of rotatable bonds is 10. The zero-order chi connectivity index (χ0) is 26.1. The van der Waals surface area contributed by atoms with Gasteiger partial charge < -0.3 is 14.8 Å². The van der Waals surface area contributed by atoms with Crippen LogP contribution < -0.4 is 10.1 Å². The standard InChI is InChI=1S/C30H36N2O4/c1-6-7-27(22-8-10-23(11-9-22)29(34)31-19-18-28(33)35-5)36-25-16-17-26(32-20-25)21-12-14-24(15-13-21)30(2,3)4/h8-17,20,27H,6-7,18-19H2,1-5H3,(H,31,34). The number of methoxy groups -OCH3 is 1. The zero-order valence-corrected chi connectivity index (χ0v) is 21.8. The molecule has 0 bridgehead atoms. The number of aromatic nitrogens is 1. The van der Waals surface area contributed by atoms with Gasteiger partial charge in [0.15, 0.2) is 0 Å². The van der Waals surface area contributed by atoms with Crippen LogP contribution in [-0.2, 0) is 14.9 Å². The van der Waals surface area contributed by atoms with E-state index in [2.05, 4.69) is 67.0 Å². The first-order chi connectivity index (χ1) is 17.2. The monoisotopic (exact) mass is 488 g/mol. The lowest BCUT2D eigenvalue weighted by atomic mass is 9.86. The molecule has 3 aromatic rings. The minimum Gasteiger partial charge on any atom is -0.484 e. The maximum atomic E-state index is 12.3. The number of carbonyl (C=O) groups excluding carboxylic acids is 2. The van der Waals surface area contributed by atoms with Gasteiger partial charge >= 0.3 is 5.97 Å². The number of hydrogen-bond acceptors (Lipinski definition) is 5. The lowest BCUT2D eigenvalue weighted by molar-refractivity contribution is -0.140. The fourth-order valence-electron chi connectivity index (χ4n) is 3.81. The van der Waals surface area contributed by atoms with Gasteiger partial charge in [0.2, 0.25) is 0 Å². The Kier molecular flexibility index (Phi) is 9.23. The molecule has 1 N–H and O–H groups in total. The number of benzene rings is 2. The molecule has 2 aromatic carbocycles. The molecule has 0 aliphatic rings. The average molecular weight is 489 g/mol. The quantitative estimate of drug-likeness (QED) is 0.341. The van der Waals surface area contributed by atoms with Crippen LogP contribution in [0.5, 0.6) is 5.75 Å². The van der Waals surface area contributed by atoms with Crippen LogP contribution in [0.25, 0.3) is 11.3 Å². The van der Waals surface area contributed by atoms with E-state index in [0.29, 0.717) is 11.3 Å². The predicted molar refractivity (Wildman–Crippen MR) is 142 cm³/mol. The lowest BCUT2D eigenvalue weighted by Crippen LogP contribution is -2.26. The second-order valence-corrected chi connectivity index (χ2v) is 9.81. The molecule has 0 saturated heterocycles. The molecule has 0 spiro atoms. The molecule has 1 aromatic heterocycles. The van der Waals surface area contributed by atoms with E-state index >= 15 is 0 Å². The van der Waals surface area contributed by atoms with Crippen molar-refractivity contribution >= 4 is 11.9 Å². The lowest BCUT2D eigenvalue weighted by Gasteiger charge is -2.20. The van der Waals surface area contributed by atoms with Crippen LogP contribution in [0, 0.1) is 0 Å². The Balaban J connectivity index is 1.65. The number of carbonyl (C=O) groups is 2. The van der Waals surface area contributed by atoms with E-state index in [1.54, 1.807) is 18.3 Å². The first kappa shape index (κ1) is 26.9. The molecule has 0 aliphatic heterocycles. The summed E-state index contributed by atoms with van der Waals surface area (Å²) < 4.78 is 10.9. The van der Waals surface area contributed by atoms with Crippen molar-refractivity contribution < 1.29 is 19.1 Å². The van der Waals surface area contributed by atoms with Crippen molar-refractivity contribution in [2.75, 3.05) is 13.7 Å². The highest BCUT2D eigenvalue weighted by molar-refractivity contribution is 5.94. The SMILES string of the molecule is CCCC(Oc1ccc(-c2ccc(C(C)(C)C)cc2)nc1)c1ccc(C(=O)NCCC(=O)OC)cc1.